The summed E-state index contributed by atoms with van der Waals surface area (Å²) in [5.74, 6) is -0.857. The van der Waals surface area contributed by atoms with Crippen molar-refractivity contribution < 1.29 is 9.18 Å². The number of carbonyl (C=O) groups excluding carboxylic acids is 1. The number of hydrogen-bond donors (Lipinski definition) is 2. The number of H-pyrrole nitrogens is 1. The molecule has 1 atom stereocenters. The molecule has 4 nitrogen and oxygen atoms in total. The number of para-hydroxylation sites is 2. The first-order valence-electron chi connectivity index (χ1n) is 5.43. The number of amides is 1. The maximum atomic E-state index is 12.3. The van der Waals surface area contributed by atoms with Gasteiger partial charge in [0.05, 0.1) is 11.0 Å². The van der Waals surface area contributed by atoms with Gasteiger partial charge in [-0.2, -0.15) is 0 Å². The molecule has 0 aliphatic carbocycles. The lowest BCUT2D eigenvalue weighted by Gasteiger charge is -2.23. The Balaban J connectivity index is 2.20. The van der Waals surface area contributed by atoms with Gasteiger partial charge >= 0.3 is 0 Å². The van der Waals surface area contributed by atoms with Gasteiger partial charge in [0.2, 0.25) is 3.79 Å². The first kappa shape index (κ1) is 15.7. The maximum Gasteiger partial charge on any atom is 0.252 e. The van der Waals surface area contributed by atoms with Gasteiger partial charge in [0.25, 0.3) is 5.91 Å². The minimum Gasteiger partial charge on any atom is -0.337 e. The number of thioether (sulfide) groups is 1. The summed E-state index contributed by atoms with van der Waals surface area (Å²) in [5.41, 5.74) is 1.56. The van der Waals surface area contributed by atoms with E-state index in [0.717, 1.165) is 22.8 Å². The van der Waals surface area contributed by atoms with Gasteiger partial charge in [-0.15, -0.1) is 0 Å². The third kappa shape index (κ3) is 3.91. The van der Waals surface area contributed by atoms with Crippen LogP contribution in [-0.4, -0.2) is 31.7 Å². The van der Waals surface area contributed by atoms with Crippen molar-refractivity contribution in [2.45, 2.75) is 14.3 Å². The summed E-state index contributed by atoms with van der Waals surface area (Å²) >= 11 is 18.3. The van der Waals surface area contributed by atoms with E-state index < -0.39 is 21.7 Å². The molecule has 0 aliphatic rings. The Kier molecular flexibility index (Phi) is 5.01. The van der Waals surface area contributed by atoms with Crippen molar-refractivity contribution in [3.8, 4) is 0 Å². The van der Waals surface area contributed by atoms with Gasteiger partial charge in [0.1, 0.15) is 5.37 Å². The standard InChI is InChI=1S/C11H9Cl3FN3OS/c12-11(13,14)9(18-8(19)5-15)20-10-16-6-3-1-2-4-7(6)17-10/h1-4,9H,5H2,(H,16,17)(H,18,19). The van der Waals surface area contributed by atoms with E-state index in [0.29, 0.717) is 5.16 Å². The van der Waals surface area contributed by atoms with Crippen molar-refractivity contribution in [3.63, 3.8) is 0 Å². The highest BCUT2D eigenvalue weighted by molar-refractivity contribution is 8.00. The summed E-state index contributed by atoms with van der Waals surface area (Å²) in [4.78, 5) is 18.4. The number of hydrogen-bond acceptors (Lipinski definition) is 3. The van der Waals surface area contributed by atoms with Crippen LogP contribution in [0.1, 0.15) is 0 Å². The molecule has 1 heterocycles. The van der Waals surface area contributed by atoms with Crippen molar-refractivity contribution in [1.82, 2.24) is 15.3 Å². The third-order valence-electron chi connectivity index (χ3n) is 2.31. The van der Waals surface area contributed by atoms with Crippen molar-refractivity contribution in [2.75, 3.05) is 6.67 Å². The SMILES string of the molecule is O=C(CF)NC(Sc1nc2ccccc2[nH]1)C(Cl)(Cl)Cl. The second kappa shape index (κ2) is 6.39. The predicted molar refractivity (Wildman–Crippen MR) is 80.1 cm³/mol. The molecule has 0 saturated heterocycles. The molecule has 20 heavy (non-hydrogen) atoms. The van der Waals surface area contributed by atoms with Crippen LogP contribution in [0.4, 0.5) is 4.39 Å². The molecule has 0 aliphatic heterocycles. The van der Waals surface area contributed by atoms with E-state index in [1.165, 1.54) is 0 Å². The van der Waals surface area contributed by atoms with Crippen molar-refractivity contribution >= 4 is 63.5 Å². The fraction of sp³-hybridized carbons (Fsp3) is 0.273. The average molecular weight is 357 g/mol. The minimum absolute atomic E-state index is 0.460. The molecule has 2 rings (SSSR count). The molecule has 0 saturated carbocycles. The molecule has 1 amide bonds. The fourth-order valence-corrected chi connectivity index (χ4v) is 2.89. The predicted octanol–water partition coefficient (Wildman–Crippen LogP) is 3.44. The number of fused-ring (bicyclic) bond motifs is 1. The van der Waals surface area contributed by atoms with Crippen LogP contribution in [0.15, 0.2) is 29.4 Å². The van der Waals surface area contributed by atoms with E-state index in [4.69, 9.17) is 34.8 Å². The summed E-state index contributed by atoms with van der Waals surface area (Å²) in [7, 11) is 0. The summed E-state index contributed by atoms with van der Waals surface area (Å²) in [6.07, 6.45) is 0. The number of rotatable bonds is 4. The number of nitrogens with zero attached hydrogens (tertiary/aromatic N) is 1. The van der Waals surface area contributed by atoms with Crippen LogP contribution < -0.4 is 5.32 Å². The lowest BCUT2D eigenvalue weighted by atomic mass is 10.3. The Morgan fingerprint density at radius 3 is 2.75 bits per heavy atom. The molecule has 0 bridgehead atoms. The summed E-state index contributed by atoms with van der Waals surface area (Å²) in [6, 6.07) is 7.36. The topological polar surface area (TPSA) is 57.8 Å². The summed E-state index contributed by atoms with van der Waals surface area (Å²) in [6.45, 7) is -1.18. The number of aromatic nitrogens is 2. The zero-order valence-electron chi connectivity index (χ0n) is 9.87. The first-order chi connectivity index (χ1) is 9.40. The molecule has 2 N–H and O–H groups in total. The van der Waals surface area contributed by atoms with Crippen LogP contribution in [0, 0.1) is 0 Å². The smallest absolute Gasteiger partial charge is 0.252 e. The van der Waals surface area contributed by atoms with Gasteiger partial charge < -0.3 is 10.3 Å². The highest BCUT2D eigenvalue weighted by Gasteiger charge is 2.35. The van der Waals surface area contributed by atoms with Gasteiger partial charge in [-0.1, -0.05) is 58.7 Å². The Hall–Kier alpha value is -0.690. The van der Waals surface area contributed by atoms with Crippen LogP contribution in [0.5, 0.6) is 0 Å². The van der Waals surface area contributed by atoms with E-state index in [-0.39, 0.29) is 0 Å². The number of aromatic amines is 1. The first-order valence-corrected chi connectivity index (χ1v) is 7.45. The molecule has 1 unspecified atom stereocenters. The Labute approximate surface area is 133 Å². The monoisotopic (exact) mass is 355 g/mol. The maximum absolute atomic E-state index is 12.3. The number of nitrogens with one attached hydrogen (secondary N) is 2. The van der Waals surface area contributed by atoms with Crippen molar-refractivity contribution in [1.29, 1.82) is 0 Å². The molecule has 1 aromatic carbocycles. The molecule has 108 valence electrons. The van der Waals surface area contributed by atoms with Crippen LogP contribution in [0.2, 0.25) is 0 Å². The molecule has 2 aromatic rings. The van der Waals surface area contributed by atoms with Gasteiger partial charge in [-0.05, 0) is 12.1 Å². The number of imidazole rings is 1. The number of halogens is 4. The molecular weight excluding hydrogens is 348 g/mol. The molecule has 0 spiro atoms. The summed E-state index contributed by atoms with van der Waals surface area (Å²) < 4.78 is 10.5. The van der Waals surface area contributed by atoms with Gasteiger partial charge in [-0.3, -0.25) is 4.79 Å². The Morgan fingerprint density at radius 1 is 1.45 bits per heavy atom. The zero-order valence-corrected chi connectivity index (χ0v) is 13.0. The Morgan fingerprint density at radius 2 is 2.15 bits per heavy atom. The molecule has 9 heteroatoms. The van der Waals surface area contributed by atoms with Gasteiger partial charge in [0, 0.05) is 0 Å². The second-order valence-corrected chi connectivity index (χ2v) is 7.26. The minimum atomic E-state index is -1.80. The molecule has 1 aromatic heterocycles. The van der Waals surface area contributed by atoms with Crippen LogP contribution in [0.25, 0.3) is 11.0 Å². The fourth-order valence-electron chi connectivity index (χ4n) is 1.46. The van der Waals surface area contributed by atoms with E-state index in [1.807, 2.05) is 24.3 Å². The lowest BCUT2D eigenvalue weighted by Crippen LogP contribution is -2.42. The third-order valence-corrected chi connectivity index (χ3v) is 4.47. The average Bonchev–Trinajstić information content (AvgIpc) is 2.79. The van der Waals surface area contributed by atoms with Crippen molar-refractivity contribution in [3.05, 3.63) is 24.3 Å². The molecule has 0 radical (unpaired) electrons. The quantitative estimate of drug-likeness (QED) is 0.501. The van der Waals surface area contributed by atoms with Crippen LogP contribution in [0.3, 0.4) is 0 Å². The van der Waals surface area contributed by atoms with Gasteiger partial charge in [-0.25, -0.2) is 9.37 Å². The van der Waals surface area contributed by atoms with E-state index >= 15 is 0 Å². The number of carbonyl (C=O) groups is 1. The number of alkyl halides is 4. The van der Waals surface area contributed by atoms with E-state index in [9.17, 15) is 9.18 Å². The largest absolute Gasteiger partial charge is 0.337 e. The lowest BCUT2D eigenvalue weighted by molar-refractivity contribution is -0.122. The highest BCUT2D eigenvalue weighted by atomic mass is 35.6. The number of benzene rings is 1. The van der Waals surface area contributed by atoms with E-state index in [2.05, 4.69) is 15.3 Å². The zero-order chi connectivity index (χ0) is 14.8. The highest BCUT2D eigenvalue weighted by Crippen LogP contribution is 2.38. The molecular formula is C11H9Cl3FN3OS. The van der Waals surface area contributed by atoms with Crippen LogP contribution >= 0.6 is 46.6 Å². The van der Waals surface area contributed by atoms with Crippen LogP contribution in [-0.2, 0) is 4.79 Å². The van der Waals surface area contributed by atoms with Gasteiger partial charge in [0.15, 0.2) is 11.8 Å². The molecule has 0 fully saturated rings. The normalized spacial score (nSPS) is 13.4. The van der Waals surface area contributed by atoms with Crippen molar-refractivity contribution in [2.24, 2.45) is 0 Å². The second-order valence-electron chi connectivity index (χ2n) is 3.80. The Bertz CT molecular complexity index is 583. The summed E-state index contributed by atoms with van der Waals surface area (Å²) in [5, 5.41) is 1.79. The van der Waals surface area contributed by atoms with E-state index in [1.54, 1.807) is 0 Å².